The van der Waals surface area contributed by atoms with Gasteiger partial charge in [0.1, 0.15) is 5.54 Å². The number of carbonyl (C=O) groups excluding carboxylic acids is 2. The van der Waals surface area contributed by atoms with Gasteiger partial charge < -0.3 is 10.2 Å². The molecule has 4 aliphatic rings. The molecule has 0 radical (unpaired) electrons. The molecule has 5 unspecified atom stereocenters. The number of likely N-dealkylation sites (tertiary alicyclic amines) is 1. The molecule has 5 heteroatoms. The molecule has 1 N–H and O–H groups in total. The minimum atomic E-state index is -0.732. The first kappa shape index (κ1) is 22.3. The summed E-state index contributed by atoms with van der Waals surface area (Å²) >= 11 is 0. The second-order valence-electron chi connectivity index (χ2n) is 10.9. The molecule has 3 aliphatic heterocycles. The average Bonchev–Trinajstić information content (AvgIpc) is 2.97. The van der Waals surface area contributed by atoms with Gasteiger partial charge >= 0.3 is 0 Å². The molecule has 5 nitrogen and oxygen atoms in total. The van der Waals surface area contributed by atoms with E-state index >= 15 is 0 Å². The Morgan fingerprint density at radius 2 is 1.81 bits per heavy atom. The first-order valence-electron chi connectivity index (χ1n) is 12.1. The number of nitrogens with one attached hydrogen (secondary N) is 1. The van der Waals surface area contributed by atoms with Gasteiger partial charge in [-0.2, -0.15) is 0 Å². The Kier molecular flexibility index (Phi) is 6.17. The smallest absolute Gasteiger partial charge is 0.247 e. The van der Waals surface area contributed by atoms with E-state index in [1.807, 2.05) is 4.90 Å². The fourth-order valence-corrected chi connectivity index (χ4v) is 6.77. The first-order valence-corrected chi connectivity index (χ1v) is 12.1. The highest BCUT2D eigenvalue weighted by atomic mass is 16.2. The number of hydrogen-bond donors (Lipinski definition) is 1. The maximum atomic E-state index is 14.0. The van der Waals surface area contributed by atoms with Crippen molar-refractivity contribution in [1.82, 2.24) is 15.1 Å². The van der Waals surface area contributed by atoms with Crippen molar-refractivity contribution in [2.45, 2.75) is 59.0 Å². The fraction of sp³-hybridized carbons (Fsp3) is 0.692. The van der Waals surface area contributed by atoms with Crippen molar-refractivity contribution in [3.8, 4) is 0 Å². The monoisotopic (exact) mass is 425 g/mol. The van der Waals surface area contributed by atoms with Crippen molar-refractivity contribution in [1.29, 1.82) is 0 Å². The number of fused-ring (bicyclic) bond motifs is 1. The zero-order chi connectivity index (χ0) is 22.3. The molecule has 5 atom stereocenters. The molecule has 4 fully saturated rings. The Balaban J connectivity index is 1.77. The van der Waals surface area contributed by atoms with E-state index < -0.39 is 5.54 Å². The van der Waals surface area contributed by atoms with Gasteiger partial charge in [-0.3, -0.25) is 14.5 Å². The highest BCUT2D eigenvalue weighted by Gasteiger charge is 2.71. The van der Waals surface area contributed by atoms with Crippen molar-refractivity contribution in [3.05, 3.63) is 35.9 Å². The molecular weight excluding hydrogens is 386 g/mol. The minimum absolute atomic E-state index is 0.0453. The summed E-state index contributed by atoms with van der Waals surface area (Å²) in [6, 6.07) is 10.8. The number of nitrogens with zero attached hydrogens (tertiary/aromatic N) is 2. The Morgan fingerprint density at radius 3 is 2.42 bits per heavy atom. The van der Waals surface area contributed by atoms with Crippen LogP contribution in [0, 0.1) is 29.6 Å². The molecule has 3 saturated heterocycles. The SMILES string of the molecule is CC(=O)N1CC2CC3CN(CC(C)C)C(C2Cc2ccccc2)C31C(=O)NCC(C)C. The minimum Gasteiger partial charge on any atom is -0.354 e. The van der Waals surface area contributed by atoms with Crippen LogP contribution in [-0.2, 0) is 16.0 Å². The number of amides is 2. The number of carbonyl (C=O) groups is 2. The molecule has 2 amide bonds. The number of benzene rings is 1. The quantitative estimate of drug-likeness (QED) is 0.730. The van der Waals surface area contributed by atoms with Gasteiger partial charge in [0, 0.05) is 45.1 Å². The lowest BCUT2D eigenvalue weighted by atomic mass is 9.57. The lowest BCUT2D eigenvalue weighted by Crippen LogP contribution is -2.78. The highest BCUT2D eigenvalue weighted by Crippen LogP contribution is 2.57. The maximum Gasteiger partial charge on any atom is 0.247 e. The van der Waals surface area contributed by atoms with Crippen molar-refractivity contribution in [2.75, 3.05) is 26.2 Å². The maximum absolute atomic E-state index is 14.0. The molecule has 0 spiro atoms. The van der Waals surface area contributed by atoms with Crippen LogP contribution in [0.15, 0.2) is 30.3 Å². The van der Waals surface area contributed by atoms with E-state index in [1.165, 1.54) is 5.56 Å². The number of hydrogen-bond acceptors (Lipinski definition) is 3. The van der Waals surface area contributed by atoms with Gasteiger partial charge in [-0.15, -0.1) is 0 Å². The molecular formula is C26H39N3O2. The summed E-state index contributed by atoms with van der Waals surface area (Å²) in [5.74, 6) is 2.10. The summed E-state index contributed by atoms with van der Waals surface area (Å²) in [6.07, 6.45) is 2.02. The summed E-state index contributed by atoms with van der Waals surface area (Å²) in [4.78, 5) is 31.4. The third kappa shape index (κ3) is 3.79. The molecule has 1 aromatic rings. The van der Waals surface area contributed by atoms with Crippen LogP contribution in [0.4, 0.5) is 0 Å². The second kappa shape index (κ2) is 8.57. The molecule has 1 saturated carbocycles. The van der Waals surface area contributed by atoms with Crippen LogP contribution in [0.2, 0.25) is 0 Å². The summed E-state index contributed by atoms with van der Waals surface area (Å²) in [6.45, 7) is 13.7. The van der Waals surface area contributed by atoms with E-state index in [1.54, 1.807) is 6.92 Å². The Labute approximate surface area is 187 Å². The Bertz CT molecular complexity index is 808. The van der Waals surface area contributed by atoms with Crippen molar-refractivity contribution < 1.29 is 9.59 Å². The molecule has 0 aromatic heterocycles. The molecule has 5 rings (SSSR count). The lowest BCUT2D eigenvalue weighted by molar-refractivity contribution is -0.172. The molecule has 1 aliphatic carbocycles. The van der Waals surface area contributed by atoms with Crippen LogP contribution in [0.1, 0.15) is 46.6 Å². The molecule has 3 heterocycles. The van der Waals surface area contributed by atoms with E-state index in [0.29, 0.717) is 36.8 Å². The highest BCUT2D eigenvalue weighted by molar-refractivity contribution is 5.93. The summed E-state index contributed by atoms with van der Waals surface area (Å²) in [5, 5.41) is 3.25. The first-order chi connectivity index (χ1) is 14.7. The van der Waals surface area contributed by atoms with E-state index in [2.05, 4.69) is 68.2 Å². The van der Waals surface area contributed by atoms with Crippen molar-refractivity contribution in [2.24, 2.45) is 29.6 Å². The van der Waals surface area contributed by atoms with Crippen LogP contribution in [0.3, 0.4) is 0 Å². The Morgan fingerprint density at radius 1 is 1.10 bits per heavy atom. The Hall–Kier alpha value is -1.88. The summed E-state index contributed by atoms with van der Waals surface area (Å²) in [7, 11) is 0. The van der Waals surface area contributed by atoms with Gasteiger partial charge in [0.05, 0.1) is 0 Å². The summed E-state index contributed by atoms with van der Waals surface area (Å²) in [5.41, 5.74) is 0.601. The van der Waals surface area contributed by atoms with Crippen molar-refractivity contribution in [3.63, 3.8) is 0 Å². The third-order valence-corrected chi connectivity index (χ3v) is 7.71. The molecule has 170 valence electrons. The topological polar surface area (TPSA) is 52.7 Å². The van der Waals surface area contributed by atoms with Crippen LogP contribution in [0.25, 0.3) is 0 Å². The van der Waals surface area contributed by atoms with Gasteiger partial charge in [0.2, 0.25) is 11.8 Å². The predicted molar refractivity (Wildman–Crippen MR) is 123 cm³/mol. The van der Waals surface area contributed by atoms with E-state index in [9.17, 15) is 9.59 Å². The van der Waals surface area contributed by atoms with Gasteiger partial charge in [0.15, 0.2) is 0 Å². The van der Waals surface area contributed by atoms with E-state index in [-0.39, 0.29) is 23.8 Å². The van der Waals surface area contributed by atoms with Gasteiger partial charge in [-0.05, 0) is 42.1 Å². The molecule has 4 bridgehead atoms. The average molecular weight is 426 g/mol. The molecule has 1 aromatic carbocycles. The van der Waals surface area contributed by atoms with Gasteiger partial charge in [-0.25, -0.2) is 0 Å². The standard InChI is InChI=1S/C26H39N3O2/c1-17(2)13-27-25(31)26-22-12-21(15-29(26)19(5)30)23(11-20-9-7-6-8-10-20)24(26)28(16-22)14-18(3)4/h6-10,17-18,21-24H,11-16H2,1-5H3,(H,27,31). The summed E-state index contributed by atoms with van der Waals surface area (Å²) < 4.78 is 0. The fourth-order valence-electron chi connectivity index (χ4n) is 6.77. The van der Waals surface area contributed by atoms with Crippen LogP contribution in [0.5, 0.6) is 0 Å². The van der Waals surface area contributed by atoms with Crippen molar-refractivity contribution >= 4 is 11.8 Å². The normalized spacial score (nSPS) is 32.2. The second-order valence-corrected chi connectivity index (χ2v) is 10.9. The number of piperidine rings is 2. The van der Waals surface area contributed by atoms with Crippen LogP contribution < -0.4 is 5.32 Å². The van der Waals surface area contributed by atoms with E-state index in [4.69, 9.17) is 0 Å². The van der Waals surface area contributed by atoms with E-state index in [0.717, 1.165) is 25.9 Å². The van der Waals surface area contributed by atoms with Crippen LogP contribution in [-0.4, -0.2) is 59.4 Å². The predicted octanol–water partition coefficient (Wildman–Crippen LogP) is 3.19. The van der Waals surface area contributed by atoms with Gasteiger partial charge in [0.25, 0.3) is 0 Å². The third-order valence-electron chi connectivity index (χ3n) is 7.71. The largest absolute Gasteiger partial charge is 0.354 e. The molecule has 31 heavy (non-hydrogen) atoms. The zero-order valence-electron chi connectivity index (χ0n) is 19.8. The number of rotatable bonds is 7. The van der Waals surface area contributed by atoms with Crippen LogP contribution >= 0.6 is 0 Å². The lowest BCUT2D eigenvalue weighted by Gasteiger charge is -2.61. The van der Waals surface area contributed by atoms with Gasteiger partial charge in [-0.1, -0.05) is 58.0 Å². The zero-order valence-corrected chi connectivity index (χ0v) is 19.8.